The second kappa shape index (κ2) is 8.61. The standard InChI is InChI=1S/C20H16BrCl2NO/c21-17-11-15(12-24-19-4-2-1-3-18(19)23)7-10-20(17)25-13-14-5-8-16(22)9-6-14/h1-11,24H,12-13H2. The highest BCUT2D eigenvalue weighted by atomic mass is 79.9. The number of nitrogens with one attached hydrogen (secondary N) is 1. The number of para-hydroxylation sites is 1. The molecule has 0 aliphatic rings. The zero-order valence-corrected chi connectivity index (χ0v) is 16.4. The molecule has 1 N–H and O–H groups in total. The number of halogens is 3. The summed E-state index contributed by atoms with van der Waals surface area (Å²) in [5, 5.41) is 4.77. The van der Waals surface area contributed by atoms with Crippen molar-refractivity contribution < 1.29 is 4.74 Å². The van der Waals surface area contributed by atoms with Crippen LogP contribution in [0.3, 0.4) is 0 Å². The van der Waals surface area contributed by atoms with Crippen molar-refractivity contribution in [3.05, 3.63) is 92.4 Å². The molecule has 25 heavy (non-hydrogen) atoms. The van der Waals surface area contributed by atoms with E-state index < -0.39 is 0 Å². The van der Waals surface area contributed by atoms with Crippen LogP contribution in [0.15, 0.2) is 71.2 Å². The van der Waals surface area contributed by atoms with Crippen LogP contribution in [0.1, 0.15) is 11.1 Å². The number of rotatable bonds is 6. The minimum Gasteiger partial charge on any atom is -0.488 e. The van der Waals surface area contributed by atoms with Gasteiger partial charge in [-0.25, -0.2) is 0 Å². The molecule has 3 rings (SSSR count). The molecule has 0 amide bonds. The second-order valence-electron chi connectivity index (χ2n) is 5.51. The maximum atomic E-state index is 6.16. The quantitative estimate of drug-likeness (QED) is 0.451. The molecule has 0 bridgehead atoms. The predicted molar refractivity (Wildman–Crippen MR) is 109 cm³/mol. The van der Waals surface area contributed by atoms with Crippen molar-refractivity contribution in [3.63, 3.8) is 0 Å². The van der Waals surface area contributed by atoms with Crippen LogP contribution >= 0.6 is 39.1 Å². The SMILES string of the molecule is Clc1ccc(COc2ccc(CNc3ccccc3Cl)cc2Br)cc1. The van der Waals surface area contributed by atoms with Crippen LogP contribution in [0.5, 0.6) is 5.75 Å². The molecule has 3 aromatic rings. The first-order valence-corrected chi connectivity index (χ1v) is 9.31. The Morgan fingerprint density at radius 2 is 1.60 bits per heavy atom. The van der Waals surface area contributed by atoms with E-state index >= 15 is 0 Å². The number of hydrogen-bond acceptors (Lipinski definition) is 2. The van der Waals surface area contributed by atoms with E-state index in [0.29, 0.717) is 18.2 Å². The molecular weight excluding hydrogens is 421 g/mol. The maximum Gasteiger partial charge on any atom is 0.134 e. The van der Waals surface area contributed by atoms with E-state index in [1.165, 1.54) is 0 Å². The van der Waals surface area contributed by atoms with E-state index in [1.54, 1.807) is 0 Å². The van der Waals surface area contributed by atoms with Crippen molar-refractivity contribution in [1.29, 1.82) is 0 Å². The van der Waals surface area contributed by atoms with E-state index in [4.69, 9.17) is 27.9 Å². The summed E-state index contributed by atoms with van der Waals surface area (Å²) < 4.78 is 6.78. The summed E-state index contributed by atoms with van der Waals surface area (Å²) >= 11 is 15.6. The molecule has 5 heteroatoms. The first kappa shape index (κ1) is 18.1. The van der Waals surface area contributed by atoms with E-state index in [0.717, 1.165) is 32.1 Å². The molecule has 0 saturated carbocycles. The molecule has 0 aromatic heterocycles. The van der Waals surface area contributed by atoms with Gasteiger partial charge in [0.05, 0.1) is 15.2 Å². The fourth-order valence-corrected chi connectivity index (χ4v) is 3.18. The van der Waals surface area contributed by atoms with Crippen molar-refractivity contribution in [2.24, 2.45) is 0 Å². The van der Waals surface area contributed by atoms with E-state index in [9.17, 15) is 0 Å². The zero-order chi connectivity index (χ0) is 17.6. The second-order valence-corrected chi connectivity index (χ2v) is 7.21. The van der Waals surface area contributed by atoms with Gasteiger partial charge < -0.3 is 10.1 Å². The summed E-state index contributed by atoms with van der Waals surface area (Å²) in [5.41, 5.74) is 3.12. The molecular formula is C20H16BrCl2NO. The highest BCUT2D eigenvalue weighted by Gasteiger charge is 2.05. The number of benzene rings is 3. The van der Waals surface area contributed by atoms with Crippen molar-refractivity contribution >= 4 is 44.8 Å². The summed E-state index contributed by atoms with van der Waals surface area (Å²) in [7, 11) is 0. The van der Waals surface area contributed by atoms with Gasteiger partial charge in [0.15, 0.2) is 0 Å². The topological polar surface area (TPSA) is 21.3 Å². The van der Waals surface area contributed by atoms with Crippen LogP contribution in [0.4, 0.5) is 5.69 Å². The average molecular weight is 437 g/mol. The molecule has 2 nitrogen and oxygen atoms in total. The lowest BCUT2D eigenvalue weighted by molar-refractivity contribution is 0.304. The van der Waals surface area contributed by atoms with Gasteiger partial charge in [0.1, 0.15) is 12.4 Å². The predicted octanol–water partition coefficient (Wildman–Crippen LogP) is 6.95. The van der Waals surface area contributed by atoms with Gasteiger partial charge in [-0.05, 0) is 63.5 Å². The highest BCUT2D eigenvalue weighted by molar-refractivity contribution is 9.10. The molecule has 0 atom stereocenters. The van der Waals surface area contributed by atoms with E-state index in [-0.39, 0.29) is 0 Å². The van der Waals surface area contributed by atoms with E-state index in [1.807, 2.05) is 66.7 Å². The van der Waals surface area contributed by atoms with Crippen LogP contribution in [-0.2, 0) is 13.2 Å². The fourth-order valence-electron chi connectivity index (χ4n) is 2.31. The molecule has 0 saturated heterocycles. The van der Waals surface area contributed by atoms with Crippen LogP contribution in [-0.4, -0.2) is 0 Å². The Bertz CT molecular complexity index is 853. The smallest absolute Gasteiger partial charge is 0.134 e. The molecule has 0 aliphatic heterocycles. The molecule has 0 fully saturated rings. The van der Waals surface area contributed by atoms with Crippen LogP contribution in [0.25, 0.3) is 0 Å². The average Bonchev–Trinajstić information content (AvgIpc) is 2.62. The van der Waals surface area contributed by atoms with Crippen LogP contribution in [0.2, 0.25) is 10.0 Å². The van der Waals surface area contributed by atoms with E-state index in [2.05, 4.69) is 21.2 Å². The Balaban J connectivity index is 1.60. The molecule has 0 radical (unpaired) electrons. The summed E-state index contributed by atoms with van der Waals surface area (Å²) in [6.07, 6.45) is 0. The number of ether oxygens (including phenoxy) is 1. The van der Waals surface area contributed by atoms with Gasteiger partial charge in [-0.15, -0.1) is 0 Å². The Hall–Kier alpha value is -1.68. The summed E-state index contributed by atoms with van der Waals surface area (Å²) in [4.78, 5) is 0. The Labute approximate surface area is 165 Å². The normalized spacial score (nSPS) is 10.5. The third kappa shape index (κ3) is 5.15. The largest absolute Gasteiger partial charge is 0.488 e. The molecule has 128 valence electrons. The van der Waals surface area contributed by atoms with Gasteiger partial charge in [-0.3, -0.25) is 0 Å². The first-order valence-electron chi connectivity index (χ1n) is 7.76. The minimum absolute atomic E-state index is 0.493. The van der Waals surface area contributed by atoms with Gasteiger partial charge in [-0.2, -0.15) is 0 Å². The Morgan fingerprint density at radius 3 is 2.32 bits per heavy atom. The third-order valence-corrected chi connectivity index (χ3v) is 4.86. The number of hydrogen-bond donors (Lipinski definition) is 1. The van der Waals surface area contributed by atoms with Crippen molar-refractivity contribution in [2.45, 2.75) is 13.2 Å². The molecule has 0 unspecified atom stereocenters. The van der Waals surface area contributed by atoms with Gasteiger partial charge in [0.2, 0.25) is 0 Å². The third-order valence-electron chi connectivity index (χ3n) is 3.66. The lowest BCUT2D eigenvalue weighted by Gasteiger charge is -2.12. The lowest BCUT2D eigenvalue weighted by atomic mass is 10.2. The maximum absolute atomic E-state index is 6.16. The minimum atomic E-state index is 0.493. The molecule has 0 aliphatic carbocycles. The lowest BCUT2D eigenvalue weighted by Crippen LogP contribution is -2.01. The highest BCUT2D eigenvalue weighted by Crippen LogP contribution is 2.28. The van der Waals surface area contributed by atoms with Gasteiger partial charge in [0, 0.05) is 11.6 Å². The van der Waals surface area contributed by atoms with Gasteiger partial charge in [-0.1, -0.05) is 53.5 Å². The van der Waals surface area contributed by atoms with Gasteiger partial charge >= 0.3 is 0 Å². The monoisotopic (exact) mass is 435 g/mol. The molecule has 3 aromatic carbocycles. The van der Waals surface area contributed by atoms with Crippen molar-refractivity contribution in [1.82, 2.24) is 0 Å². The van der Waals surface area contributed by atoms with Crippen LogP contribution in [0, 0.1) is 0 Å². The number of anilines is 1. The summed E-state index contributed by atoms with van der Waals surface area (Å²) in [6.45, 7) is 1.17. The Morgan fingerprint density at radius 1 is 0.880 bits per heavy atom. The molecule has 0 heterocycles. The summed E-state index contributed by atoms with van der Waals surface area (Å²) in [5.74, 6) is 0.802. The van der Waals surface area contributed by atoms with Crippen LogP contribution < -0.4 is 10.1 Å². The Kier molecular flexibility index (Phi) is 6.24. The van der Waals surface area contributed by atoms with Crippen molar-refractivity contribution in [3.8, 4) is 5.75 Å². The summed E-state index contributed by atoms with van der Waals surface area (Å²) in [6, 6.07) is 21.4. The van der Waals surface area contributed by atoms with Gasteiger partial charge in [0.25, 0.3) is 0 Å². The molecule has 0 spiro atoms. The van der Waals surface area contributed by atoms with Crippen molar-refractivity contribution in [2.75, 3.05) is 5.32 Å². The first-order chi connectivity index (χ1) is 12.1. The fraction of sp³-hybridized carbons (Fsp3) is 0.100. The zero-order valence-electron chi connectivity index (χ0n) is 13.3.